The largest absolute Gasteiger partial charge is 0.417 e. The zero-order chi connectivity index (χ0) is 11.9. The molecule has 0 spiro atoms. The standard InChI is InChI=1S/C9H3Cl2F3N2/c10-6-2-7(11)16-8-5(6)1-4(3-15-8)9(12,13)14/h1-3H. The van der Waals surface area contributed by atoms with E-state index in [9.17, 15) is 13.2 Å². The molecule has 0 amide bonds. The molecule has 0 aliphatic rings. The summed E-state index contributed by atoms with van der Waals surface area (Å²) >= 11 is 11.3. The molecule has 2 aromatic heterocycles. The van der Waals surface area contributed by atoms with E-state index in [0.717, 1.165) is 6.07 Å². The number of nitrogens with zero attached hydrogens (tertiary/aromatic N) is 2. The van der Waals surface area contributed by atoms with Crippen molar-refractivity contribution in [1.29, 1.82) is 0 Å². The second-order valence-corrected chi connectivity index (χ2v) is 3.81. The summed E-state index contributed by atoms with van der Waals surface area (Å²) < 4.78 is 37.2. The average Bonchev–Trinajstić information content (AvgIpc) is 2.15. The first-order chi connectivity index (χ1) is 7.38. The van der Waals surface area contributed by atoms with E-state index in [1.807, 2.05) is 0 Å². The van der Waals surface area contributed by atoms with Gasteiger partial charge in [0, 0.05) is 11.6 Å². The molecule has 0 aliphatic carbocycles. The minimum absolute atomic E-state index is 0.0877. The van der Waals surface area contributed by atoms with Crippen LogP contribution in [0.1, 0.15) is 5.56 Å². The molecule has 16 heavy (non-hydrogen) atoms. The number of alkyl halides is 3. The van der Waals surface area contributed by atoms with E-state index in [0.29, 0.717) is 6.20 Å². The maximum Gasteiger partial charge on any atom is 0.417 e. The van der Waals surface area contributed by atoms with Crippen LogP contribution in [0, 0.1) is 0 Å². The van der Waals surface area contributed by atoms with Crippen LogP contribution < -0.4 is 0 Å². The first-order valence-corrected chi connectivity index (χ1v) is 4.82. The maximum absolute atomic E-state index is 12.4. The summed E-state index contributed by atoms with van der Waals surface area (Å²) in [5.74, 6) is 0. The summed E-state index contributed by atoms with van der Waals surface area (Å²) in [5.41, 5.74) is -0.781. The van der Waals surface area contributed by atoms with E-state index in [4.69, 9.17) is 23.2 Å². The van der Waals surface area contributed by atoms with Crippen LogP contribution in [0.3, 0.4) is 0 Å². The van der Waals surface area contributed by atoms with Gasteiger partial charge in [0.2, 0.25) is 0 Å². The normalized spacial score (nSPS) is 12.1. The lowest BCUT2D eigenvalue weighted by molar-refractivity contribution is -0.137. The van der Waals surface area contributed by atoms with E-state index in [1.165, 1.54) is 6.07 Å². The Morgan fingerprint density at radius 3 is 2.44 bits per heavy atom. The smallest absolute Gasteiger partial charge is 0.236 e. The lowest BCUT2D eigenvalue weighted by Gasteiger charge is -2.07. The van der Waals surface area contributed by atoms with Gasteiger partial charge in [-0.1, -0.05) is 23.2 Å². The van der Waals surface area contributed by atoms with Crippen molar-refractivity contribution in [3.63, 3.8) is 0 Å². The van der Waals surface area contributed by atoms with E-state index >= 15 is 0 Å². The number of halogens is 5. The van der Waals surface area contributed by atoms with Gasteiger partial charge in [0.15, 0.2) is 5.65 Å². The second-order valence-electron chi connectivity index (χ2n) is 3.02. The molecule has 0 bridgehead atoms. The van der Waals surface area contributed by atoms with Crippen LogP contribution in [0.2, 0.25) is 10.2 Å². The highest BCUT2D eigenvalue weighted by Crippen LogP contribution is 2.32. The van der Waals surface area contributed by atoms with Crippen molar-refractivity contribution in [2.75, 3.05) is 0 Å². The molecule has 84 valence electrons. The fourth-order valence-electron chi connectivity index (χ4n) is 1.19. The Bertz CT molecular complexity index is 554. The van der Waals surface area contributed by atoms with Gasteiger partial charge in [0.1, 0.15) is 5.15 Å². The summed E-state index contributed by atoms with van der Waals surface area (Å²) in [6, 6.07) is 2.17. The highest BCUT2D eigenvalue weighted by molar-refractivity contribution is 6.37. The molecular weight excluding hydrogens is 264 g/mol. The molecule has 0 N–H and O–H groups in total. The Morgan fingerprint density at radius 1 is 1.12 bits per heavy atom. The van der Waals surface area contributed by atoms with Crippen molar-refractivity contribution >= 4 is 34.2 Å². The summed E-state index contributed by atoms with van der Waals surface area (Å²) in [6.07, 6.45) is -3.76. The van der Waals surface area contributed by atoms with Gasteiger partial charge in [-0.2, -0.15) is 13.2 Å². The van der Waals surface area contributed by atoms with Crippen molar-refractivity contribution in [2.45, 2.75) is 6.18 Å². The minimum Gasteiger partial charge on any atom is -0.236 e. The number of rotatable bonds is 0. The van der Waals surface area contributed by atoms with Crippen LogP contribution in [0.15, 0.2) is 18.3 Å². The third kappa shape index (κ3) is 2.05. The lowest BCUT2D eigenvalue weighted by Crippen LogP contribution is -2.05. The zero-order valence-corrected chi connectivity index (χ0v) is 9.03. The molecule has 0 atom stereocenters. The Kier molecular flexibility index (Phi) is 2.67. The van der Waals surface area contributed by atoms with Gasteiger partial charge in [-0.05, 0) is 12.1 Å². The Morgan fingerprint density at radius 2 is 1.81 bits per heavy atom. The molecule has 7 heteroatoms. The topological polar surface area (TPSA) is 25.8 Å². The molecule has 0 aromatic carbocycles. The van der Waals surface area contributed by atoms with Crippen LogP contribution in [0.4, 0.5) is 13.2 Å². The Balaban J connectivity index is 2.72. The Hall–Kier alpha value is -1.07. The van der Waals surface area contributed by atoms with Gasteiger partial charge in [-0.15, -0.1) is 0 Å². The fourth-order valence-corrected chi connectivity index (χ4v) is 1.68. The number of pyridine rings is 2. The van der Waals surface area contributed by atoms with Gasteiger partial charge in [0.25, 0.3) is 0 Å². The molecule has 0 saturated carbocycles. The van der Waals surface area contributed by atoms with Crippen molar-refractivity contribution in [3.8, 4) is 0 Å². The highest BCUT2D eigenvalue weighted by atomic mass is 35.5. The molecule has 0 aliphatic heterocycles. The zero-order valence-electron chi connectivity index (χ0n) is 7.52. The van der Waals surface area contributed by atoms with Crippen molar-refractivity contribution < 1.29 is 13.2 Å². The summed E-state index contributed by atoms with van der Waals surface area (Å²) in [4.78, 5) is 7.33. The monoisotopic (exact) mass is 266 g/mol. The highest BCUT2D eigenvalue weighted by Gasteiger charge is 2.31. The molecule has 0 unspecified atom stereocenters. The van der Waals surface area contributed by atoms with Crippen LogP contribution >= 0.6 is 23.2 Å². The van der Waals surface area contributed by atoms with Gasteiger partial charge >= 0.3 is 6.18 Å². The first-order valence-electron chi connectivity index (χ1n) is 4.07. The number of aromatic nitrogens is 2. The molecule has 2 rings (SSSR count). The van der Waals surface area contributed by atoms with Gasteiger partial charge in [-0.3, -0.25) is 0 Å². The quantitative estimate of drug-likeness (QED) is 0.675. The van der Waals surface area contributed by atoms with E-state index < -0.39 is 11.7 Å². The maximum atomic E-state index is 12.4. The van der Waals surface area contributed by atoms with Crippen LogP contribution in [0.5, 0.6) is 0 Å². The van der Waals surface area contributed by atoms with Gasteiger partial charge < -0.3 is 0 Å². The third-order valence-corrected chi connectivity index (χ3v) is 2.42. The molecular formula is C9H3Cl2F3N2. The van der Waals surface area contributed by atoms with Crippen LogP contribution in [-0.2, 0) is 6.18 Å². The molecule has 2 nitrogen and oxygen atoms in total. The molecule has 2 aromatic rings. The second kappa shape index (κ2) is 3.75. The third-order valence-electron chi connectivity index (χ3n) is 1.91. The van der Waals surface area contributed by atoms with Crippen LogP contribution in [0.25, 0.3) is 11.0 Å². The summed E-state index contributed by atoms with van der Waals surface area (Å²) in [6.45, 7) is 0. The number of hydrogen-bond acceptors (Lipinski definition) is 2. The molecule has 0 saturated heterocycles. The molecule has 2 heterocycles. The van der Waals surface area contributed by atoms with Gasteiger partial charge in [0.05, 0.1) is 10.6 Å². The van der Waals surface area contributed by atoms with Crippen molar-refractivity contribution in [3.05, 3.63) is 34.1 Å². The fraction of sp³-hybridized carbons (Fsp3) is 0.111. The average molecular weight is 267 g/mol. The van der Waals surface area contributed by atoms with E-state index in [-0.39, 0.29) is 21.2 Å². The van der Waals surface area contributed by atoms with Crippen LogP contribution in [-0.4, -0.2) is 9.97 Å². The number of fused-ring (bicyclic) bond motifs is 1. The Labute approximate surface area is 98.0 Å². The number of hydrogen-bond donors (Lipinski definition) is 0. The molecule has 0 fully saturated rings. The summed E-state index contributed by atoms with van der Waals surface area (Å²) in [5, 5.41) is 0.305. The molecule has 0 radical (unpaired) electrons. The van der Waals surface area contributed by atoms with Crippen molar-refractivity contribution in [2.24, 2.45) is 0 Å². The van der Waals surface area contributed by atoms with Crippen molar-refractivity contribution in [1.82, 2.24) is 9.97 Å². The lowest BCUT2D eigenvalue weighted by atomic mass is 10.2. The van der Waals surface area contributed by atoms with Gasteiger partial charge in [-0.25, -0.2) is 9.97 Å². The predicted octanol–water partition coefficient (Wildman–Crippen LogP) is 3.96. The van der Waals surface area contributed by atoms with E-state index in [2.05, 4.69) is 9.97 Å². The predicted molar refractivity (Wildman–Crippen MR) is 54.6 cm³/mol. The van der Waals surface area contributed by atoms with E-state index in [1.54, 1.807) is 0 Å². The summed E-state index contributed by atoms with van der Waals surface area (Å²) in [7, 11) is 0. The first kappa shape index (κ1) is 11.4. The SMILES string of the molecule is FC(F)(F)c1cnc2nc(Cl)cc(Cl)c2c1. The minimum atomic E-state index is -4.45.